The Labute approximate surface area is 127 Å². The lowest BCUT2D eigenvalue weighted by atomic mass is 9.61. The van der Waals surface area contributed by atoms with Crippen LogP contribution in [-0.4, -0.2) is 21.6 Å². The van der Waals surface area contributed by atoms with E-state index >= 15 is 0 Å². The maximum absolute atomic E-state index is 9.62. The Kier molecular flexibility index (Phi) is 2.16. The molecule has 0 amide bonds. The molecule has 0 radical (unpaired) electrons. The van der Waals surface area contributed by atoms with Crippen LogP contribution in [0.15, 0.2) is 47.8 Å². The van der Waals surface area contributed by atoms with Gasteiger partial charge in [0, 0.05) is 17.7 Å². The summed E-state index contributed by atoms with van der Waals surface area (Å²) in [5, 5.41) is 13.1. The van der Waals surface area contributed by atoms with Crippen molar-refractivity contribution in [1.82, 2.24) is 15.3 Å². The Morgan fingerprint density at radius 2 is 2.18 bits per heavy atom. The fourth-order valence-electron chi connectivity index (χ4n) is 4.07. The molecule has 4 heteroatoms. The number of benzene rings is 1. The Morgan fingerprint density at radius 1 is 1.23 bits per heavy atom. The van der Waals surface area contributed by atoms with Crippen LogP contribution in [0.25, 0.3) is 17.1 Å². The van der Waals surface area contributed by atoms with Gasteiger partial charge in [0.25, 0.3) is 0 Å². The molecular formula is C18H15N3O. The number of fused-ring (bicyclic) bond motifs is 2. The van der Waals surface area contributed by atoms with Gasteiger partial charge in [-0.05, 0) is 47.8 Å². The number of nitrogens with one attached hydrogen (secondary N) is 1. The second-order valence-electron chi connectivity index (χ2n) is 6.19. The summed E-state index contributed by atoms with van der Waals surface area (Å²) in [6.07, 6.45) is 12.3. The molecule has 5 rings (SSSR count). The molecule has 22 heavy (non-hydrogen) atoms. The summed E-state index contributed by atoms with van der Waals surface area (Å²) in [4.78, 5) is 8.54. The molecule has 1 aromatic heterocycles. The molecule has 3 aliphatic rings. The van der Waals surface area contributed by atoms with Crippen molar-refractivity contribution in [3.05, 3.63) is 59.0 Å². The van der Waals surface area contributed by atoms with Crippen LogP contribution in [0.3, 0.4) is 0 Å². The number of hydrogen-bond acceptors (Lipinski definition) is 4. The monoisotopic (exact) mass is 289 g/mol. The minimum absolute atomic E-state index is 0.0263. The van der Waals surface area contributed by atoms with E-state index in [1.165, 1.54) is 28.6 Å². The van der Waals surface area contributed by atoms with Crippen LogP contribution in [0.4, 0.5) is 0 Å². The molecule has 1 aliphatic heterocycles. The molecule has 1 unspecified atom stereocenters. The van der Waals surface area contributed by atoms with Gasteiger partial charge in [-0.2, -0.15) is 0 Å². The molecule has 108 valence electrons. The van der Waals surface area contributed by atoms with E-state index in [4.69, 9.17) is 0 Å². The Morgan fingerprint density at radius 3 is 3.14 bits per heavy atom. The van der Waals surface area contributed by atoms with Gasteiger partial charge in [0.2, 0.25) is 5.88 Å². The summed E-state index contributed by atoms with van der Waals surface area (Å²) < 4.78 is 0. The van der Waals surface area contributed by atoms with Crippen LogP contribution in [-0.2, 0) is 5.41 Å². The van der Waals surface area contributed by atoms with E-state index in [-0.39, 0.29) is 11.3 Å². The summed E-state index contributed by atoms with van der Waals surface area (Å²) in [5.41, 5.74) is 6.75. The van der Waals surface area contributed by atoms with Crippen molar-refractivity contribution in [3.8, 4) is 5.88 Å². The maximum Gasteiger partial charge on any atom is 0.230 e. The topological polar surface area (TPSA) is 58.0 Å². The number of allylic oxidation sites excluding steroid dienone is 4. The average Bonchev–Trinajstić information content (AvgIpc) is 2.54. The predicted octanol–water partition coefficient (Wildman–Crippen LogP) is 2.81. The van der Waals surface area contributed by atoms with E-state index in [1.54, 1.807) is 0 Å². The molecule has 0 spiro atoms. The number of hydrogen-bond donors (Lipinski definition) is 2. The van der Waals surface area contributed by atoms with Crippen molar-refractivity contribution < 1.29 is 5.11 Å². The zero-order valence-electron chi connectivity index (χ0n) is 12.0. The first-order valence-corrected chi connectivity index (χ1v) is 7.60. The van der Waals surface area contributed by atoms with Crippen LogP contribution in [0.2, 0.25) is 0 Å². The van der Waals surface area contributed by atoms with Gasteiger partial charge in [-0.25, -0.2) is 9.97 Å². The molecule has 1 fully saturated rings. The Bertz CT molecular complexity index is 910. The summed E-state index contributed by atoms with van der Waals surface area (Å²) in [6.45, 7) is 0.986. The van der Waals surface area contributed by atoms with Crippen LogP contribution in [0.5, 0.6) is 5.88 Å². The van der Waals surface area contributed by atoms with Crippen molar-refractivity contribution in [2.24, 2.45) is 0 Å². The van der Waals surface area contributed by atoms with E-state index in [9.17, 15) is 5.11 Å². The molecule has 2 aromatic rings. The first-order chi connectivity index (χ1) is 10.8. The summed E-state index contributed by atoms with van der Waals surface area (Å²) in [5.74, 6) is -0.0263. The Balaban J connectivity index is 1.86. The lowest BCUT2D eigenvalue weighted by molar-refractivity contribution is 0.418. The molecule has 2 aliphatic carbocycles. The van der Waals surface area contributed by atoms with Gasteiger partial charge in [-0.15, -0.1) is 0 Å². The molecular weight excluding hydrogens is 274 g/mol. The number of nitrogens with zero attached hydrogens (tertiary/aromatic N) is 2. The number of aromatic hydroxyl groups is 1. The highest BCUT2D eigenvalue weighted by Crippen LogP contribution is 2.51. The third kappa shape index (κ3) is 1.42. The third-order valence-electron chi connectivity index (χ3n) is 5.05. The Hall–Kier alpha value is -2.62. The molecule has 1 atom stereocenters. The first-order valence-electron chi connectivity index (χ1n) is 7.60. The third-order valence-corrected chi connectivity index (χ3v) is 5.05. The fraction of sp³-hybridized carbons (Fsp3) is 0.222. The van der Waals surface area contributed by atoms with Crippen LogP contribution in [0.1, 0.15) is 24.0 Å². The molecule has 2 bridgehead atoms. The largest absolute Gasteiger partial charge is 0.492 e. The average molecular weight is 289 g/mol. The van der Waals surface area contributed by atoms with E-state index in [0.29, 0.717) is 0 Å². The molecule has 2 heterocycles. The summed E-state index contributed by atoms with van der Waals surface area (Å²) in [6, 6.07) is 4.20. The molecule has 1 aromatic carbocycles. The summed E-state index contributed by atoms with van der Waals surface area (Å²) in [7, 11) is 0. The fourth-order valence-corrected chi connectivity index (χ4v) is 4.07. The number of aromatic nitrogens is 2. The van der Waals surface area contributed by atoms with Crippen LogP contribution in [0, 0.1) is 0 Å². The van der Waals surface area contributed by atoms with Gasteiger partial charge in [-0.1, -0.05) is 18.2 Å². The highest BCUT2D eigenvalue weighted by molar-refractivity contribution is 5.84. The van der Waals surface area contributed by atoms with Gasteiger partial charge in [-0.3, -0.25) is 0 Å². The van der Waals surface area contributed by atoms with E-state index in [1.807, 2.05) is 0 Å². The van der Waals surface area contributed by atoms with Gasteiger partial charge >= 0.3 is 0 Å². The lowest BCUT2D eigenvalue weighted by Crippen LogP contribution is -2.43. The zero-order chi connectivity index (χ0) is 14.7. The van der Waals surface area contributed by atoms with Crippen molar-refractivity contribution in [2.45, 2.75) is 18.3 Å². The van der Waals surface area contributed by atoms with E-state index in [2.05, 4.69) is 51.7 Å². The van der Waals surface area contributed by atoms with E-state index in [0.717, 1.165) is 30.4 Å². The predicted molar refractivity (Wildman–Crippen MR) is 85.3 cm³/mol. The second-order valence-corrected chi connectivity index (χ2v) is 6.19. The highest BCUT2D eigenvalue weighted by Gasteiger charge is 2.44. The van der Waals surface area contributed by atoms with Crippen molar-refractivity contribution in [1.29, 1.82) is 0 Å². The molecule has 0 saturated carbocycles. The quantitative estimate of drug-likeness (QED) is 0.783. The number of rotatable bonds is 0. The van der Waals surface area contributed by atoms with Crippen molar-refractivity contribution in [2.75, 3.05) is 6.54 Å². The van der Waals surface area contributed by atoms with Crippen LogP contribution >= 0.6 is 0 Å². The highest BCUT2D eigenvalue weighted by atomic mass is 16.3. The lowest BCUT2D eigenvalue weighted by Gasteiger charge is -2.46. The maximum atomic E-state index is 9.62. The normalized spacial score (nSPS) is 24.9. The summed E-state index contributed by atoms with van der Waals surface area (Å²) >= 11 is 0. The van der Waals surface area contributed by atoms with Gasteiger partial charge in [0.1, 0.15) is 0 Å². The molecule has 2 N–H and O–H groups in total. The standard InChI is InChI=1S/C18H15N3O/c22-17-10-20-15-8-11-7-14-12-3-1-2-4-18(12,5-6-19-14)13(11)9-16(15)21-17/h1-3,7-10,19H,4-6H2,(H,21,22). The minimum Gasteiger partial charge on any atom is -0.492 e. The second kappa shape index (κ2) is 3.97. The van der Waals surface area contributed by atoms with Crippen molar-refractivity contribution in [3.63, 3.8) is 0 Å². The minimum atomic E-state index is -0.0263. The van der Waals surface area contributed by atoms with Gasteiger partial charge in [0.05, 0.1) is 17.2 Å². The van der Waals surface area contributed by atoms with Crippen molar-refractivity contribution >= 4 is 17.1 Å². The number of piperidine rings is 1. The smallest absolute Gasteiger partial charge is 0.230 e. The zero-order valence-corrected chi connectivity index (χ0v) is 12.0. The SMILES string of the molecule is Oc1cnc2cc3c(cc2n1)C12CC=CC=C1C(=C3)NCC2. The molecule has 4 nitrogen and oxygen atoms in total. The molecule has 1 saturated heterocycles. The van der Waals surface area contributed by atoms with Crippen LogP contribution < -0.4 is 5.32 Å². The van der Waals surface area contributed by atoms with Gasteiger partial charge in [0.15, 0.2) is 0 Å². The first kappa shape index (κ1) is 12.0. The van der Waals surface area contributed by atoms with E-state index < -0.39 is 0 Å². The van der Waals surface area contributed by atoms with Gasteiger partial charge < -0.3 is 10.4 Å².